The van der Waals surface area contributed by atoms with Crippen LogP contribution in [-0.4, -0.2) is 39.8 Å². The van der Waals surface area contributed by atoms with Gasteiger partial charge < -0.3 is 20.5 Å². The number of fused-ring (bicyclic) bond motifs is 1. The molecular weight excluding hydrogens is 412 g/mol. The number of aryl methyl sites for hydroxylation is 1. The Hall–Kier alpha value is -4.14. The number of ether oxygens (including phenoxy) is 1. The average molecular weight is 434 g/mol. The summed E-state index contributed by atoms with van der Waals surface area (Å²) in [6, 6.07) is 11.1. The number of hydrogen-bond acceptors (Lipinski definition) is 5. The van der Waals surface area contributed by atoms with E-state index in [1.54, 1.807) is 0 Å². The molecule has 9 nitrogen and oxygen atoms in total. The lowest BCUT2D eigenvalue weighted by Crippen LogP contribution is -2.36. The first-order valence-corrected chi connectivity index (χ1v) is 9.96. The number of aromatic carboxylic acids is 1. The summed E-state index contributed by atoms with van der Waals surface area (Å²) >= 11 is 0. The van der Waals surface area contributed by atoms with Crippen molar-refractivity contribution in [3.63, 3.8) is 0 Å². The molecule has 2 aromatic carbocycles. The predicted octanol–water partition coefficient (Wildman–Crippen LogP) is 3.40. The van der Waals surface area contributed by atoms with Gasteiger partial charge in [0, 0.05) is 11.1 Å². The highest BCUT2D eigenvalue weighted by Crippen LogP contribution is 2.35. The molecule has 1 aromatic heterocycles. The van der Waals surface area contributed by atoms with Gasteiger partial charge in [-0.2, -0.15) is 5.10 Å². The van der Waals surface area contributed by atoms with Crippen molar-refractivity contribution in [2.24, 2.45) is 0 Å². The second-order valence-corrected chi connectivity index (χ2v) is 7.61. The number of carboxylic acids is 1. The predicted molar refractivity (Wildman–Crippen MR) is 118 cm³/mol. The first kappa shape index (κ1) is 21.1. The molecule has 0 saturated carbocycles. The third-order valence-electron chi connectivity index (χ3n) is 5.41. The molecule has 0 spiro atoms. The molecule has 1 aliphatic rings. The van der Waals surface area contributed by atoms with Crippen LogP contribution in [0.2, 0.25) is 0 Å². The SMILES string of the molecule is COc1ccc(C(=O)O)cc1NC(=O)[C@@H]1CC(=O)Nc2c(C)c(-c3ccc(C)cc3)nn21. The van der Waals surface area contributed by atoms with Gasteiger partial charge in [-0.3, -0.25) is 9.59 Å². The summed E-state index contributed by atoms with van der Waals surface area (Å²) in [5.41, 5.74) is 3.61. The lowest BCUT2D eigenvalue weighted by atomic mass is 10.1. The molecule has 9 heteroatoms. The number of carbonyl (C=O) groups excluding carboxylic acids is 2. The fourth-order valence-electron chi connectivity index (χ4n) is 3.68. The van der Waals surface area contributed by atoms with E-state index in [0.717, 1.165) is 16.7 Å². The Kier molecular flexibility index (Phi) is 5.40. The number of carboxylic acid groups (broad SMARTS) is 1. The van der Waals surface area contributed by atoms with Gasteiger partial charge in [0.05, 0.1) is 30.5 Å². The van der Waals surface area contributed by atoms with Crippen molar-refractivity contribution >= 4 is 29.3 Å². The molecule has 4 rings (SSSR count). The standard InChI is InChI=1S/C23H22N4O5/c1-12-4-6-14(7-5-12)20-13(2)21-25-19(28)11-17(27(21)26-20)22(29)24-16-10-15(23(30)31)8-9-18(16)32-3/h4-10,17H,11H2,1-3H3,(H,24,29)(H,25,28)(H,30,31)/t17-/m0/s1. The Morgan fingerprint density at radius 3 is 2.56 bits per heavy atom. The molecule has 1 atom stereocenters. The zero-order valence-electron chi connectivity index (χ0n) is 17.8. The molecular formula is C23H22N4O5. The molecule has 2 heterocycles. The molecule has 0 aliphatic carbocycles. The summed E-state index contributed by atoms with van der Waals surface area (Å²) in [5, 5.41) is 19.4. The van der Waals surface area contributed by atoms with Crippen molar-refractivity contribution in [2.45, 2.75) is 26.3 Å². The third kappa shape index (κ3) is 3.80. The fraction of sp³-hybridized carbons (Fsp3) is 0.217. The van der Waals surface area contributed by atoms with E-state index in [9.17, 15) is 19.5 Å². The lowest BCUT2D eigenvalue weighted by molar-refractivity contribution is -0.125. The van der Waals surface area contributed by atoms with Gasteiger partial charge in [0.25, 0.3) is 0 Å². The van der Waals surface area contributed by atoms with Crippen molar-refractivity contribution in [2.75, 3.05) is 17.7 Å². The van der Waals surface area contributed by atoms with Gasteiger partial charge in [0.2, 0.25) is 11.8 Å². The van der Waals surface area contributed by atoms with Gasteiger partial charge in [-0.25, -0.2) is 9.48 Å². The molecule has 3 aromatic rings. The molecule has 0 fully saturated rings. The van der Waals surface area contributed by atoms with E-state index in [1.165, 1.54) is 30.0 Å². The maximum Gasteiger partial charge on any atom is 0.335 e. The summed E-state index contributed by atoms with van der Waals surface area (Å²) in [6.45, 7) is 3.83. The summed E-state index contributed by atoms with van der Waals surface area (Å²) in [6.07, 6.45) is -0.103. The number of amides is 2. The molecule has 3 N–H and O–H groups in total. The maximum absolute atomic E-state index is 13.2. The van der Waals surface area contributed by atoms with E-state index in [-0.39, 0.29) is 23.6 Å². The summed E-state index contributed by atoms with van der Waals surface area (Å²) in [5.74, 6) is -1.17. The van der Waals surface area contributed by atoms with E-state index in [0.29, 0.717) is 17.3 Å². The minimum atomic E-state index is -1.13. The molecule has 2 amide bonds. The minimum absolute atomic E-state index is 0.000216. The van der Waals surface area contributed by atoms with Crippen molar-refractivity contribution in [3.8, 4) is 17.0 Å². The first-order chi connectivity index (χ1) is 15.3. The van der Waals surface area contributed by atoms with Crippen LogP contribution < -0.4 is 15.4 Å². The monoisotopic (exact) mass is 434 g/mol. The Bertz CT molecular complexity index is 1230. The first-order valence-electron chi connectivity index (χ1n) is 9.96. The van der Waals surface area contributed by atoms with Gasteiger partial charge in [0.15, 0.2) is 0 Å². The normalized spacial score (nSPS) is 15.0. The van der Waals surface area contributed by atoms with Crippen LogP contribution in [0.25, 0.3) is 11.3 Å². The molecule has 164 valence electrons. The van der Waals surface area contributed by atoms with Crippen LogP contribution in [0.5, 0.6) is 5.75 Å². The number of hydrogen-bond donors (Lipinski definition) is 3. The Balaban J connectivity index is 1.70. The Labute approximate surface area is 184 Å². The highest BCUT2D eigenvalue weighted by molar-refractivity contribution is 6.03. The number of nitrogens with one attached hydrogen (secondary N) is 2. The van der Waals surface area contributed by atoms with Crippen molar-refractivity contribution in [1.82, 2.24) is 9.78 Å². The van der Waals surface area contributed by atoms with Crippen molar-refractivity contribution < 1.29 is 24.2 Å². The smallest absolute Gasteiger partial charge is 0.335 e. The number of methoxy groups -OCH3 is 1. The van der Waals surface area contributed by atoms with E-state index >= 15 is 0 Å². The van der Waals surface area contributed by atoms with E-state index in [4.69, 9.17) is 4.74 Å². The zero-order valence-corrected chi connectivity index (χ0v) is 17.8. The molecule has 0 bridgehead atoms. The maximum atomic E-state index is 13.2. The fourth-order valence-corrected chi connectivity index (χ4v) is 3.68. The molecule has 0 radical (unpaired) electrons. The highest BCUT2D eigenvalue weighted by Gasteiger charge is 2.34. The molecule has 0 saturated heterocycles. The number of nitrogens with zero attached hydrogens (tertiary/aromatic N) is 2. The Morgan fingerprint density at radius 2 is 1.91 bits per heavy atom. The van der Waals surface area contributed by atoms with Crippen LogP contribution in [0, 0.1) is 13.8 Å². The molecule has 1 aliphatic heterocycles. The quantitative estimate of drug-likeness (QED) is 0.566. The number of aromatic nitrogens is 2. The van der Waals surface area contributed by atoms with Gasteiger partial charge >= 0.3 is 5.97 Å². The summed E-state index contributed by atoms with van der Waals surface area (Å²) in [7, 11) is 1.42. The van der Waals surface area contributed by atoms with Crippen LogP contribution in [0.1, 0.15) is 33.9 Å². The van der Waals surface area contributed by atoms with Gasteiger partial charge in [-0.1, -0.05) is 29.8 Å². The summed E-state index contributed by atoms with van der Waals surface area (Å²) < 4.78 is 6.75. The Morgan fingerprint density at radius 1 is 1.19 bits per heavy atom. The van der Waals surface area contributed by atoms with Gasteiger partial charge in [-0.15, -0.1) is 0 Å². The number of benzene rings is 2. The lowest BCUT2D eigenvalue weighted by Gasteiger charge is -2.24. The van der Waals surface area contributed by atoms with Crippen molar-refractivity contribution in [1.29, 1.82) is 0 Å². The second-order valence-electron chi connectivity index (χ2n) is 7.61. The number of anilines is 2. The number of rotatable bonds is 5. The van der Waals surface area contributed by atoms with E-state index in [1.807, 2.05) is 38.1 Å². The van der Waals surface area contributed by atoms with Crippen LogP contribution in [0.3, 0.4) is 0 Å². The van der Waals surface area contributed by atoms with Crippen LogP contribution in [0.15, 0.2) is 42.5 Å². The molecule has 0 unspecified atom stereocenters. The van der Waals surface area contributed by atoms with Crippen LogP contribution in [-0.2, 0) is 9.59 Å². The topological polar surface area (TPSA) is 123 Å². The third-order valence-corrected chi connectivity index (χ3v) is 5.41. The van der Waals surface area contributed by atoms with E-state index in [2.05, 4.69) is 15.7 Å². The van der Waals surface area contributed by atoms with Gasteiger partial charge in [-0.05, 0) is 32.0 Å². The minimum Gasteiger partial charge on any atom is -0.495 e. The van der Waals surface area contributed by atoms with E-state index < -0.39 is 17.9 Å². The molecule has 32 heavy (non-hydrogen) atoms. The van der Waals surface area contributed by atoms with Crippen LogP contribution >= 0.6 is 0 Å². The summed E-state index contributed by atoms with van der Waals surface area (Å²) in [4.78, 5) is 36.9. The average Bonchev–Trinajstić information content (AvgIpc) is 3.10. The second kappa shape index (κ2) is 8.18. The number of carbonyl (C=O) groups is 3. The highest BCUT2D eigenvalue weighted by atomic mass is 16.5. The zero-order chi connectivity index (χ0) is 23.0. The largest absolute Gasteiger partial charge is 0.495 e. The van der Waals surface area contributed by atoms with Gasteiger partial charge in [0.1, 0.15) is 17.6 Å². The van der Waals surface area contributed by atoms with Crippen molar-refractivity contribution in [3.05, 3.63) is 59.2 Å². The van der Waals surface area contributed by atoms with Crippen LogP contribution in [0.4, 0.5) is 11.5 Å².